The molecule has 0 spiro atoms. The third-order valence-corrected chi connectivity index (χ3v) is 3.94. The van der Waals surface area contributed by atoms with Crippen molar-refractivity contribution in [1.29, 1.82) is 0 Å². The van der Waals surface area contributed by atoms with Gasteiger partial charge in [-0.15, -0.1) is 0 Å². The molecule has 110 valence electrons. The zero-order valence-corrected chi connectivity index (χ0v) is 12.5. The number of benzene rings is 1. The van der Waals surface area contributed by atoms with Crippen molar-refractivity contribution in [2.75, 3.05) is 6.61 Å². The zero-order valence-electron chi connectivity index (χ0n) is 12.5. The molecule has 0 bridgehead atoms. The monoisotopic (exact) mass is 284 g/mol. The van der Waals surface area contributed by atoms with E-state index in [9.17, 15) is 4.79 Å². The Labute approximate surface area is 125 Å². The Bertz CT molecular complexity index is 611. The highest BCUT2D eigenvalue weighted by atomic mass is 16.7. The summed E-state index contributed by atoms with van der Waals surface area (Å²) in [6.45, 7) is 3.97. The van der Waals surface area contributed by atoms with E-state index in [2.05, 4.69) is 30.4 Å². The molecule has 3 nitrogen and oxygen atoms in total. The van der Waals surface area contributed by atoms with Crippen LogP contribution >= 0.6 is 0 Å². The van der Waals surface area contributed by atoms with E-state index in [0.717, 1.165) is 12.8 Å². The lowest BCUT2D eigenvalue weighted by atomic mass is 9.93. The van der Waals surface area contributed by atoms with Gasteiger partial charge in [0.1, 0.15) is 6.61 Å². The average molecular weight is 284 g/mol. The molecule has 3 heteroatoms. The standard InChI is InChI=1S/C18H20O3/c1-12(2)21-18(19)20-11-17-15-9-5-3-7-13(15)14-8-4-6-10-16(14)17/h3,5-7,9-10,12,17H,4,8,11H2,1-2H3. The van der Waals surface area contributed by atoms with E-state index in [1.54, 1.807) is 0 Å². The summed E-state index contributed by atoms with van der Waals surface area (Å²) in [7, 11) is 0. The lowest BCUT2D eigenvalue weighted by molar-refractivity contribution is 0.0329. The number of carbonyl (C=O) groups excluding carboxylic acids is 1. The van der Waals surface area contributed by atoms with Gasteiger partial charge in [-0.05, 0) is 49.0 Å². The number of carbonyl (C=O) groups is 1. The third-order valence-electron chi connectivity index (χ3n) is 3.94. The highest BCUT2D eigenvalue weighted by molar-refractivity contribution is 5.81. The summed E-state index contributed by atoms with van der Waals surface area (Å²) in [5, 5.41) is 0. The molecule has 0 aliphatic heterocycles. The topological polar surface area (TPSA) is 35.5 Å². The van der Waals surface area contributed by atoms with Crippen LogP contribution in [-0.2, 0) is 9.47 Å². The number of rotatable bonds is 3. The molecule has 2 aliphatic carbocycles. The van der Waals surface area contributed by atoms with Crippen molar-refractivity contribution in [2.24, 2.45) is 0 Å². The van der Waals surface area contributed by atoms with E-state index in [-0.39, 0.29) is 12.0 Å². The fourth-order valence-electron chi connectivity index (χ4n) is 3.10. The quantitative estimate of drug-likeness (QED) is 0.769. The van der Waals surface area contributed by atoms with Gasteiger partial charge in [0.25, 0.3) is 0 Å². The molecular weight excluding hydrogens is 264 g/mol. The Kier molecular flexibility index (Phi) is 3.82. The molecule has 0 heterocycles. The lowest BCUT2D eigenvalue weighted by Crippen LogP contribution is -2.17. The van der Waals surface area contributed by atoms with Gasteiger partial charge in [0.05, 0.1) is 6.10 Å². The van der Waals surface area contributed by atoms with Crippen LogP contribution in [-0.4, -0.2) is 18.9 Å². The molecule has 0 saturated carbocycles. The lowest BCUT2D eigenvalue weighted by Gasteiger charge is -2.17. The van der Waals surface area contributed by atoms with Crippen LogP contribution in [0.1, 0.15) is 43.7 Å². The summed E-state index contributed by atoms with van der Waals surface area (Å²) in [5.74, 6) is 0.132. The first kappa shape index (κ1) is 13.9. The summed E-state index contributed by atoms with van der Waals surface area (Å²) in [6, 6.07) is 8.40. The SMILES string of the molecule is CC(C)OC(=O)OCC1C2=C(CCC=C2)c2ccccc21. The van der Waals surface area contributed by atoms with Crippen LogP contribution in [0.2, 0.25) is 0 Å². The van der Waals surface area contributed by atoms with E-state index in [4.69, 9.17) is 9.47 Å². The number of fused-ring (bicyclic) bond motifs is 2. The highest BCUT2D eigenvalue weighted by Gasteiger charge is 2.31. The van der Waals surface area contributed by atoms with Crippen LogP contribution in [0, 0.1) is 0 Å². The number of allylic oxidation sites excluding steroid dienone is 3. The van der Waals surface area contributed by atoms with Crippen LogP contribution < -0.4 is 0 Å². The molecule has 0 aromatic heterocycles. The van der Waals surface area contributed by atoms with Crippen molar-refractivity contribution in [2.45, 2.75) is 38.7 Å². The third kappa shape index (κ3) is 2.73. The van der Waals surface area contributed by atoms with Gasteiger partial charge in [-0.2, -0.15) is 0 Å². The van der Waals surface area contributed by atoms with Gasteiger partial charge in [0, 0.05) is 5.92 Å². The minimum absolute atomic E-state index is 0.132. The molecule has 3 rings (SSSR count). The minimum atomic E-state index is -0.587. The molecule has 1 unspecified atom stereocenters. The Balaban J connectivity index is 1.80. The first-order valence-electron chi connectivity index (χ1n) is 7.49. The maximum absolute atomic E-state index is 11.6. The predicted molar refractivity (Wildman–Crippen MR) is 82.0 cm³/mol. The Morgan fingerprint density at radius 1 is 1.33 bits per heavy atom. The molecule has 1 atom stereocenters. The first-order chi connectivity index (χ1) is 10.2. The number of ether oxygens (including phenoxy) is 2. The van der Waals surface area contributed by atoms with Crippen molar-refractivity contribution in [1.82, 2.24) is 0 Å². The summed E-state index contributed by atoms with van der Waals surface area (Å²) < 4.78 is 10.4. The van der Waals surface area contributed by atoms with Gasteiger partial charge in [-0.1, -0.05) is 36.4 Å². The van der Waals surface area contributed by atoms with Crippen LogP contribution in [0.4, 0.5) is 4.79 Å². The van der Waals surface area contributed by atoms with Crippen molar-refractivity contribution in [3.63, 3.8) is 0 Å². The maximum Gasteiger partial charge on any atom is 0.508 e. The molecule has 0 amide bonds. The van der Waals surface area contributed by atoms with E-state index >= 15 is 0 Å². The number of hydrogen-bond donors (Lipinski definition) is 0. The van der Waals surface area contributed by atoms with E-state index in [1.165, 1.54) is 22.3 Å². The second-order valence-electron chi connectivity index (χ2n) is 5.74. The van der Waals surface area contributed by atoms with E-state index in [1.807, 2.05) is 19.9 Å². The Morgan fingerprint density at radius 2 is 2.14 bits per heavy atom. The summed E-state index contributed by atoms with van der Waals surface area (Å²) in [5.41, 5.74) is 5.26. The van der Waals surface area contributed by atoms with E-state index in [0.29, 0.717) is 6.61 Å². The van der Waals surface area contributed by atoms with Gasteiger partial charge in [0.15, 0.2) is 0 Å². The van der Waals surface area contributed by atoms with Gasteiger partial charge < -0.3 is 9.47 Å². The molecule has 1 aromatic rings. The van der Waals surface area contributed by atoms with Crippen molar-refractivity contribution in [3.05, 3.63) is 53.1 Å². The summed E-state index contributed by atoms with van der Waals surface area (Å²) in [4.78, 5) is 11.6. The van der Waals surface area contributed by atoms with Gasteiger partial charge in [-0.3, -0.25) is 0 Å². The van der Waals surface area contributed by atoms with Gasteiger partial charge in [-0.25, -0.2) is 4.79 Å². The van der Waals surface area contributed by atoms with Crippen molar-refractivity contribution >= 4 is 11.7 Å². The predicted octanol–water partition coefficient (Wildman–Crippen LogP) is 4.45. The zero-order chi connectivity index (χ0) is 14.8. The fourth-order valence-corrected chi connectivity index (χ4v) is 3.10. The first-order valence-corrected chi connectivity index (χ1v) is 7.49. The molecule has 0 saturated heterocycles. The largest absolute Gasteiger partial charge is 0.508 e. The summed E-state index contributed by atoms with van der Waals surface area (Å²) in [6.07, 6.45) is 5.78. The smallest absolute Gasteiger partial charge is 0.433 e. The van der Waals surface area contributed by atoms with E-state index < -0.39 is 6.16 Å². The van der Waals surface area contributed by atoms with Crippen LogP contribution in [0.25, 0.3) is 5.57 Å². The Hall–Kier alpha value is -2.03. The molecule has 2 aliphatic rings. The van der Waals surface area contributed by atoms with Crippen molar-refractivity contribution in [3.8, 4) is 0 Å². The molecule has 0 N–H and O–H groups in total. The van der Waals surface area contributed by atoms with Gasteiger partial charge >= 0.3 is 6.16 Å². The minimum Gasteiger partial charge on any atom is -0.433 e. The van der Waals surface area contributed by atoms with Gasteiger partial charge in [0.2, 0.25) is 0 Å². The molecule has 1 aromatic carbocycles. The molecule has 0 radical (unpaired) electrons. The van der Waals surface area contributed by atoms with Crippen LogP contribution in [0.5, 0.6) is 0 Å². The van der Waals surface area contributed by atoms with Crippen molar-refractivity contribution < 1.29 is 14.3 Å². The normalized spacial score (nSPS) is 19.5. The molecule has 21 heavy (non-hydrogen) atoms. The average Bonchev–Trinajstić information content (AvgIpc) is 2.79. The number of hydrogen-bond acceptors (Lipinski definition) is 3. The maximum atomic E-state index is 11.6. The molecular formula is C18H20O3. The molecule has 0 fully saturated rings. The van der Waals surface area contributed by atoms with Crippen LogP contribution in [0.3, 0.4) is 0 Å². The Morgan fingerprint density at radius 3 is 2.95 bits per heavy atom. The fraction of sp³-hybridized carbons (Fsp3) is 0.389. The van der Waals surface area contributed by atoms with Crippen LogP contribution in [0.15, 0.2) is 42.0 Å². The second-order valence-corrected chi connectivity index (χ2v) is 5.74. The summed E-state index contributed by atoms with van der Waals surface area (Å²) >= 11 is 0. The second kappa shape index (κ2) is 5.76. The highest BCUT2D eigenvalue weighted by Crippen LogP contribution is 2.46.